The van der Waals surface area contributed by atoms with E-state index in [0.717, 1.165) is 13.1 Å². The first-order chi connectivity index (χ1) is 6.86. The molecule has 0 atom stereocenters. The maximum atomic E-state index is 11.5. The smallest absolute Gasteiger partial charge is 0.317 e. The number of carbonyl (C=O) groups excluding carboxylic acids is 1. The summed E-state index contributed by atoms with van der Waals surface area (Å²) in [5.74, 6) is 0. The Morgan fingerprint density at radius 1 is 1.21 bits per heavy atom. The van der Waals surface area contributed by atoms with E-state index < -0.39 is 0 Å². The minimum absolute atomic E-state index is 0.289. The highest BCUT2D eigenvalue weighted by molar-refractivity contribution is 5.68. The van der Waals surface area contributed by atoms with Crippen molar-refractivity contribution in [1.29, 1.82) is 0 Å². The first-order valence-electron chi connectivity index (χ1n) is 4.67. The summed E-state index contributed by atoms with van der Waals surface area (Å²) in [7, 11) is 0. The van der Waals surface area contributed by atoms with E-state index in [0.29, 0.717) is 13.1 Å². The van der Waals surface area contributed by atoms with Crippen LogP contribution in [0.25, 0.3) is 0 Å². The fourth-order valence-corrected chi connectivity index (χ4v) is 1.37. The van der Waals surface area contributed by atoms with E-state index in [-0.39, 0.29) is 6.09 Å². The molecule has 0 saturated carbocycles. The molecule has 0 radical (unpaired) electrons. The number of aromatic nitrogens is 1. The van der Waals surface area contributed by atoms with Gasteiger partial charge in [-0.3, -0.25) is 0 Å². The maximum absolute atomic E-state index is 11.5. The van der Waals surface area contributed by atoms with Gasteiger partial charge in [0.1, 0.15) is 0 Å². The van der Waals surface area contributed by atoms with Gasteiger partial charge >= 0.3 is 6.09 Å². The quantitative estimate of drug-likeness (QED) is 0.683. The molecule has 1 amide bonds. The summed E-state index contributed by atoms with van der Waals surface area (Å²) >= 11 is 0. The van der Waals surface area contributed by atoms with Crippen molar-refractivity contribution in [1.82, 2.24) is 14.9 Å². The molecule has 1 fully saturated rings. The third-order valence-corrected chi connectivity index (χ3v) is 2.14. The van der Waals surface area contributed by atoms with Gasteiger partial charge in [0, 0.05) is 38.6 Å². The fraction of sp³-hybridized carbons (Fsp3) is 0.444. The monoisotopic (exact) mass is 195 g/mol. The molecule has 2 rings (SSSR count). The largest absolute Gasteiger partial charge is 0.434 e. The van der Waals surface area contributed by atoms with Crippen LogP contribution in [-0.4, -0.2) is 41.9 Å². The number of carbonyl (C=O) groups is 1. The molecule has 76 valence electrons. The van der Waals surface area contributed by atoms with Gasteiger partial charge in [-0.25, -0.2) is 4.79 Å². The van der Waals surface area contributed by atoms with Gasteiger partial charge in [-0.1, -0.05) is 0 Å². The first-order valence-corrected chi connectivity index (χ1v) is 4.67. The van der Waals surface area contributed by atoms with E-state index in [9.17, 15) is 4.79 Å². The number of nitrogens with zero attached hydrogens (tertiary/aromatic N) is 2. The molecule has 1 aromatic rings. The number of piperazine rings is 1. The third-order valence-electron chi connectivity index (χ3n) is 2.14. The van der Waals surface area contributed by atoms with Crippen molar-refractivity contribution in [2.75, 3.05) is 26.2 Å². The van der Waals surface area contributed by atoms with Gasteiger partial charge in [0.05, 0.1) is 0 Å². The lowest BCUT2D eigenvalue weighted by Gasteiger charge is -2.26. The normalized spacial score (nSPS) is 16.7. The van der Waals surface area contributed by atoms with Crippen LogP contribution in [0.5, 0.6) is 0 Å². The Labute approximate surface area is 82.2 Å². The topological polar surface area (TPSA) is 46.5 Å². The van der Waals surface area contributed by atoms with Crippen molar-refractivity contribution < 1.29 is 9.63 Å². The van der Waals surface area contributed by atoms with Crippen LogP contribution in [-0.2, 0) is 0 Å². The summed E-state index contributed by atoms with van der Waals surface area (Å²) in [5.41, 5.74) is 0. The number of rotatable bonds is 1. The Morgan fingerprint density at radius 2 is 1.86 bits per heavy atom. The molecule has 0 bridgehead atoms. The second-order valence-corrected chi connectivity index (χ2v) is 3.14. The minimum Gasteiger partial charge on any atom is -0.317 e. The molecule has 0 aromatic carbocycles. The average Bonchev–Trinajstić information content (AvgIpc) is 2.72. The van der Waals surface area contributed by atoms with Crippen molar-refractivity contribution in [2.24, 2.45) is 0 Å². The summed E-state index contributed by atoms with van der Waals surface area (Å²) in [6.45, 7) is 3.09. The van der Waals surface area contributed by atoms with Crippen molar-refractivity contribution in [3.63, 3.8) is 0 Å². The standard InChI is InChI=1S/C9H13N3O2/c13-9(11-7-3-10-4-8-11)14-12-5-1-2-6-12/h1-2,5-6,10H,3-4,7-8H2. The van der Waals surface area contributed by atoms with Crippen molar-refractivity contribution >= 4 is 6.09 Å². The summed E-state index contributed by atoms with van der Waals surface area (Å²) < 4.78 is 1.41. The van der Waals surface area contributed by atoms with Crippen LogP contribution in [0.15, 0.2) is 24.5 Å². The van der Waals surface area contributed by atoms with Crippen LogP contribution < -0.4 is 10.2 Å². The van der Waals surface area contributed by atoms with Crippen molar-refractivity contribution in [3.05, 3.63) is 24.5 Å². The maximum Gasteiger partial charge on any atom is 0.434 e. The first kappa shape index (κ1) is 9.08. The van der Waals surface area contributed by atoms with Gasteiger partial charge in [0.15, 0.2) is 0 Å². The molecule has 1 N–H and O–H groups in total. The summed E-state index contributed by atoms with van der Waals surface area (Å²) in [6, 6.07) is 3.62. The Kier molecular flexibility index (Phi) is 2.69. The Morgan fingerprint density at radius 3 is 2.50 bits per heavy atom. The predicted molar refractivity (Wildman–Crippen MR) is 50.9 cm³/mol. The number of hydrogen-bond donors (Lipinski definition) is 1. The van der Waals surface area contributed by atoms with E-state index >= 15 is 0 Å². The van der Waals surface area contributed by atoms with E-state index in [2.05, 4.69) is 5.32 Å². The van der Waals surface area contributed by atoms with E-state index in [4.69, 9.17) is 4.84 Å². The molecule has 0 spiro atoms. The highest BCUT2D eigenvalue weighted by atomic mass is 16.7. The zero-order valence-corrected chi connectivity index (χ0v) is 7.85. The summed E-state index contributed by atoms with van der Waals surface area (Å²) in [5, 5.41) is 3.17. The van der Waals surface area contributed by atoms with Crippen LogP contribution in [0.3, 0.4) is 0 Å². The van der Waals surface area contributed by atoms with Crippen molar-refractivity contribution in [2.45, 2.75) is 0 Å². The van der Waals surface area contributed by atoms with E-state index in [1.54, 1.807) is 17.3 Å². The highest BCUT2D eigenvalue weighted by Gasteiger charge is 2.17. The van der Waals surface area contributed by atoms with Gasteiger partial charge in [-0.15, -0.1) is 0 Å². The lowest BCUT2D eigenvalue weighted by atomic mass is 10.4. The lowest BCUT2D eigenvalue weighted by molar-refractivity contribution is 0.0885. The summed E-state index contributed by atoms with van der Waals surface area (Å²) in [6.07, 6.45) is 3.10. The summed E-state index contributed by atoms with van der Waals surface area (Å²) in [4.78, 5) is 18.3. The minimum atomic E-state index is -0.289. The van der Waals surface area contributed by atoms with Gasteiger partial charge in [-0.2, -0.15) is 4.73 Å². The molecule has 5 heteroatoms. The molecule has 0 unspecified atom stereocenters. The molecule has 0 aliphatic carbocycles. The predicted octanol–water partition coefficient (Wildman–Crippen LogP) is -0.0581. The van der Waals surface area contributed by atoms with Crippen LogP contribution in [0, 0.1) is 0 Å². The number of amides is 1. The van der Waals surface area contributed by atoms with Gasteiger partial charge in [-0.05, 0) is 12.1 Å². The Hall–Kier alpha value is -1.49. The van der Waals surface area contributed by atoms with Crippen LogP contribution in [0.2, 0.25) is 0 Å². The molecule has 1 aliphatic heterocycles. The lowest BCUT2D eigenvalue weighted by Crippen LogP contribution is -2.48. The zero-order chi connectivity index (χ0) is 9.80. The molecule has 1 aromatic heterocycles. The molecule has 2 heterocycles. The van der Waals surface area contributed by atoms with E-state index in [1.165, 1.54) is 4.73 Å². The molecular formula is C9H13N3O2. The number of nitrogens with one attached hydrogen (secondary N) is 1. The van der Waals surface area contributed by atoms with Crippen LogP contribution in [0.4, 0.5) is 4.79 Å². The molecule has 1 saturated heterocycles. The fourth-order valence-electron chi connectivity index (χ4n) is 1.37. The van der Waals surface area contributed by atoms with Crippen LogP contribution in [0.1, 0.15) is 0 Å². The average molecular weight is 195 g/mol. The molecule has 14 heavy (non-hydrogen) atoms. The molecule has 5 nitrogen and oxygen atoms in total. The zero-order valence-electron chi connectivity index (χ0n) is 7.85. The Balaban J connectivity index is 1.88. The highest BCUT2D eigenvalue weighted by Crippen LogP contribution is 1.95. The van der Waals surface area contributed by atoms with Gasteiger partial charge in [0.2, 0.25) is 0 Å². The Bertz CT molecular complexity index is 291. The van der Waals surface area contributed by atoms with Gasteiger partial charge < -0.3 is 15.1 Å². The molecular weight excluding hydrogens is 182 g/mol. The van der Waals surface area contributed by atoms with Gasteiger partial charge in [0.25, 0.3) is 0 Å². The van der Waals surface area contributed by atoms with E-state index in [1.807, 2.05) is 12.1 Å². The van der Waals surface area contributed by atoms with Crippen LogP contribution >= 0.6 is 0 Å². The number of hydrogen-bond acceptors (Lipinski definition) is 3. The third kappa shape index (κ3) is 2.05. The SMILES string of the molecule is O=C(On1cccc1)N1CCNCC1. The molecule has 1 aliphatic rings. The second kappa shape index (κ2) is 4.15. The van der Waals surface area contributed by atoms with Crippen molar-refractivity contribution in [3.8, 4) is 0 Å². The second-order valence-electron chi connectivity index (χ2n) is 3.14.